The van der Waals surface area contributed by atoms with Crippen molar-refractivity contribution in [3.05, 3.63) is 29.6 Å². The molecule has 0 aliphatic carbocycles. The fourth-order valence-corrected chi connectivity index (χ4v) is 1.82. The van der Waals surface area contributed by atoms with Crippen LogP contribution in [0.2, 0.25) is 0 Å². The summed E-state index contributed by atoms with van der Waals surface area (Å²) in [5, 5.41) is 3.38. The summed E-state index contributed by atoms with van der Waals surface area (Å²) >= 11 is 0. The van der Waals surface area contributed by atoms with Crippen molar-refractivity contribution >= 4 is 0 Å². The molecule has 0 saturated heterocycles. The monoisotopic (exact) mass is 206 g/mol. The van der Waals surface area contributed by atoms with Crippen LogP contribution in [-0.2, 0) is 0 Å². The van der Waals surface area contributed by atoms with E-state index in [-0.39, 0.29) is 0 Å². The molecule has 0 amide bonds. The van der Waals surface area contributed by atoms with E-state index in [0.717, 1.165) is 6.42 Å². The highest BCUT2D eigenvalue weighted by Crippen LogP contribution is 2.29. The van der Waals surface area contributed by atoms with Crippen molar-refractivity contribution in [1.82, 2.24) is 10.3 Å². The van der Waals surface area contributed by atoms with Gasteiger partial charge in [-0.15, -0.1) is 0 Å². The summed E-state index contributed by atoms with van der Waals surface area (Å²) in [5.41, 5.74) is 2.96. The van der Waals surface area contributed by atoms with Crippen LogP contribution in [0.3, 0.4) is 0 Å². The van der Waals surface area contributed by atoms with Gasteiger partial charge in [0.05, 0.1) is 0 Å². The molecule has 1 unspecified atom stereocenters. The molecule has 1 atom stereocenters. The van der Waals surface area contributed by atoms with Gasteiger partial charge in [0.15, 0.2) is 0 Å². The van der Waals surface area contributed by atoms with Gasteiger partial charge in [-0.25, -0.2) is 0 Å². The summed E-state index contributed by atoms with van der Waals surface area (Å²) in [6.45, 7) is 8.94. The van der Waals surface area contributed by atoms with E-state index in [2.05, 4.69) is 44.1 Å². The molecule has 1 N–H and O–H groups in total. The van der Waals surface area contributed by atoms with Gasteiger partial charge in [0.2, 0.25) is 0 Å². The highest BCUT2D eigenvalue weighted by atomic mass is 14.9. The quantitative estimate of drug-likeness (QED) is 0.822. The van der Waals surface area contributed by atoms with Crippen molar-refractivity contribution in [2.45, 2.75) is 40.2 Å². The summed E-state index contributed by atoms with van der Waals surface area (Å²) < 4.78 is 0. The molecule has 0 aromatic carbocycles. The van der Waals surface area contributed by atoms with Crippen LogP contribution in [0.1, 0.15) is 44.4 Å². The van der Waals surface area contributed by atoms with Crippen LogP contribution in [0.4, 0.5) is 0 Å². The summed E-state index contributed by atoms with van der Waals surface area (Å²) in [7, 11) is 2.02. The molecule has 0 bridgehead atoms. The van der Waals surface area contributed by atoms with Gasteiger partial charge in [0, 0.05) is 18.4 Å². The maximum atomic E-state index is 4.20. The largest absolute Gasteiger partial charge is 0.313 e. The van der Waals surface area contributed by atoms with E-state index in [9.17, 15) is 0 Å². The number of aromatic nitrogens is 1. The van der Waals surface area contributed by atoms with Gasteiger partial charge in [-0.2, -0.15) is 0 Å². The maximum absolute atomic E-state index is 4.20. The van der Waals surface area contributed by atoms with E-state index >= 15 is 0 Å². The molecular weight excluding hydrogens is 184 g/mol. The summed E-state index contributed by atoms with van der Waals surface area (Å²) in [5.74, 6) is 0. The molecule has 1 heterocycles. The molecule has 15 heavy (non-hydrogen) atoms. The van der Waals surface area contributed by atoms with E-state index in [1.54, 1.807) is 0 Å². The fraction of sp³-hybridized carbons (Fsp3) is 0.615. The zero-order chi connectivity index (χ0) is 11.5. The van der Waals surface area contributed by atoms with Gasteiger partial charge in [0.25, 0.3) is 0 Å². The second-order valence-corrected chi connectivity index (χ2v) is 5.34. The molecule has 2 heteroatoms. The molecule has 1 aromatic heterocycles. The number of nitrogens with zero attached hydrogens (tertiary/aromatic N) is 1. The first-order valence-corrected chi connectivity index (χ1v) is 5.52. The van der Waals surface area contributed by atoms with Crippen molar-refractivity contribution in [3.8, 4) is 0 Å². The van der Waals surface area contributed by atoms with Crippen LogP contribution in [0, 0.1) is 12.3 Å². The third-order valence-corrected chi connectivity index (χ3v) is 2.62. The number of nitrogens with one attached hydrogen (secondary N) is 1. The molecule has 0 saturated carbocycles. The summed E-state index contributed by atoms with van der Waals surface area (Å²) in [6.07, 6.45) is 4.95. The van der Waals surface area contributed by atoms with Crippen molar-refractivity contribution in [3.63, 3.8) is 0 Å². The van der Waals surface area contributed by atoms with E-state index in [1.165, 1.54) is 11.1 Å². The van der Waals surface area contributed by atoms with Crippen LogP contribution in [0.15, 0.2) is 18.5 Å². The molecule has 1 rings (SSSR count). The number of aryl methyl sites for hydroxylation is 1. The Morgan fingerprint density at radius 2 is 2.07 bits per heavy atom. The Balaban J connectivity index is 2.88. The van der Waals surface area contributed by atoms with E-state index < -0.39 is 0 Å². The van der Waals surface area contributed by atoms with Crippen molar-refractivity contribution in [1.29, 1.82) is 0 Å². The molecule has 0 spiro atoms. The van der Waals surface area contributed by atoms with Crippen LogP contribution < -0.4 is 5.32 Å². The zero-order valence-electron chi connectivity index (χ0n) is 10.5. The summed E-state index contributed by atoms with van der Waals surface area (Å²) in [6, 6.07) is 2.47. The van der Waals surface area contributed by atoms with Gasteiger partial charge in [-0.05, 0) is 43.0 Å². The number of hydrogen-bond acceptors (Lipinski definition) is 2. The average molecular weight is 206 g/mol. The Kier molecular flexibility index (Phi) is 3.86. The third-order valence-electron chi connectivity index (χ3n) is 2.62. The van der Waals surface area contributed by atoms with Crippen molar-refractivity contribution < 1.29 is 0 Å². The lowest BCUT2D eigenvalue weighted by Gasteiger charge is -2.26. The normalized spacial score (nSPS) is 13.9. The number of pyridine rings is 1. The zero-order valence-corrected chi connectivity index (χ0v) is 10.5. The van der Waals surface area contributed by atoms with Gasteiger partial charge in [-0.3, -0.25) is 4.98 Å². The molecule has 0 aliphatic heterocycles. The predicted molar refractivity (Wildman–Crippen MR) is 64.8 cm³/mol. The fourth-order valence-electron chi connectivity index (χ4n) is 1.82. The second-order valence-electron chi connectivity index (χ2n) is 5.34. The molecular formula is C13H22N2. The van der Waals surface area contributed by atoms with Gasteiger partial charge in [0.1, 0.15) is 0 Å². The third kappa shape index (κ3) is 3.63. The van der Waals surface area contributed by atoms with E-state index in [4.69, 9.17) is 0 Å². The van der Waals surface area contributed by atoms with Gasteiger partial charge in [-0.1, -0.05) is 20.8 Å². The Hall–Kier alpha value is -0.890. The first-order valence-electron chi connectivity index (χ1n) is 5.52. The lowest BCUT2D eigenvalue weighted by atomic mass is 9.85. The predicted octanol–water partition coefficient (Wildman–Crippen LogP) is 3.09. The van der Waals surface area contributed by atoms with Crippen LogP contribution in [0.25, 0.3) is 0 Å². The first-order chi connectivity index (χ1) is 6.94. The Bertz CT molecular complexity index is 313. The van der Waals surface area contributed by atoms with E-state index in [0.29, 0.717) is 11.5 Å². The molecule has 0 radical (unpaired) electrons. The first kappa shape index (κ1) is 12.2. The van der Waals surface area contributed by atoms with Crippen LogP contribution in [-0.4, -0.2) is 12.0 Å². The molecule has 0 aliphatic rings. The Labute approximate surface area is 93.1 Å². The lowest BCUT2D eigenvalue weighted by molar-refractivity contribution is 0.320. The standard InChI is InChI=1S/C13H22N2/c1-10-6-7-15-9-11(10)12(14-5)8-13(2,3)4/h6-7,9,12,14H,8H2,1-5H3. The highest BCUT2D eigenvalue weighted by Gasteiger charge is 2.19. The van der Waals surface area contributed by atoms with Gasteiger partial charge >= 0.3 is 0 Å². The number of rotatable bonds is 3. The van der Waals surface area contributed by atoms with Crippen molar-refractivity contribution in [2.75, 3.05) is 7.05 Å². The smallest absolute Gasteiger partial charge is 0.0340 e. The molecule has 1 aromatic rings. The minimum atomic E-state index is 0.329. The number of hydrogen-bond donors (Lipinski definition) is 1. The summed E-state index contributed by atoms with van der Waals surface area (Å²) in [4.78, 5) is 4.20. The molecule has 0 fully saturated rings. The SMILES string of the molecule is CNC(CC(C)(C)C)c1cnccc1C. The highest BCUT2D eigenvalue weighted by molar-refractivity contribution is 5.25. The minimum Gasteiger partial charge on any atom is -0.313 e. The van der Waals surface area contributed by atoms with E-state index in [1.807, 2.05) is 19.4 Å². The molecule has 2 nitrogen and oxygen atoms in total. The maximum Gasteiger partial charge on any atom is 0.0340 e. The molecule has 84 valence electrons. The Morgan fingerprint density at radius 1 is 1.40 bits per heavy atom. The minimum absolute atomic E-state index is 0.329. The van der Waals surface area contributed by atoms with Crippen LogP contribution >= 0.6 is 0 Å². The second kappa shape index (κ2) is 4.75. The Morgan fingerprint density at radius 3 is 2.53 bits per heavy atom. The average Bonchev–Trinajstić information content (AvgIpc) is 2.14. The van der Waals surface area contributed by atoms with Crippen LogP contribution in [0.5, 0.6) is 0 Å². The van der Waals surface area contributed by atoms with Gasteiger partial charge < -0.3 is 5.32 Å². The lowest BCUT2D eigenvalue weighted by Crippen LogP contribution is -2.23. The van der Waals surface area contributed by atoms with Crippen molar-refractivity contribution in [2.24, 2.45) is 5.41 Å². The topological polar surface area (TPSA) is 24.9 Å².